The number of aliphatic hydroxyl groups is 2. The number of carbonyl (C=O) groups excluding carboxylic acids is 1. The van der Waals surface area contributed by atoms with Gasteiger partial charge in [0.25, 0.3) is 0 Å². The van der Waals surface area contributed by atoms with Crippen LogP contribution in [0.1, 0.15) is 58.8 Å². The number of nitrogens with two attached hydrogens (primary N) is 1. The van der Waals surface area contributed by atoms with Crippen LogP contribution in [-0.2, 0) is 23.4 Å². The predicted octanol–water partition coefficient (Wildman–Crippen LogP) is 3.17. The first-order chi connectivity index (χ1) is 19.5. The van der Waals surface area contributed by atoms with Crippen LogP contribution in [0.25, 0.3) is 5.52 Å². The maximum absolute atomic E-state index is 14.1. The lowest BCUT2D eigenvalue weighted by Crippen LogP contribution is -2.45. The van der Waals surface area contributed by atoms with Crippen molar-refractivity contribution in [2.24, 2.45) is 0 Å². The molecule has 0 aliphatic carbocycles. The zero-order valence-electron chi connectivity index (χ0n) is 23.5. The Kier molecular flexibility index (Phi) is 9.68. The molecule has 1 aliphatic rings. The number of carbonyl (C=O) groups is 1. The molecule has 224 valence electrons. The summed E-state index contributed by atoms with van der Waals surface area (Å²) in [5.74, 6) is -0.106. The molecule has 2 aromatic heterocycles. The van der Waals surface area contributed by atoms with Crippen LogP contribution in [0.5, 0.6) is 5.75 Å². The molecule has 0 amide bonds. The molecule has 0 radical (unpaired) electrons. The number of nitrogens with zero attached hydrogens (tertiary/aromatic N) is 3. The third-order valence-corrected chi connectivity index (χ3v) is 8.70. The third-order valence-electron chi connectivity index (χ3n) is 7.15. The molecule has 1 fully saturated rings. The molecule has 6 atom stereocenters. The number of aliphatic hydroxyl groups excluding tert-OH is 2. The number of para-hydroxylation sites is 1. The van der Waals surface area contributed by atoms with E-state index in [1.54, 1.807) is 49.4 Å². The van der Waals surface area contributed by atoms with Crippen LogP contribution >= 0.6 is 7.75 Å². The minimum absolute atomic E-state index is 0.236. The van der Waals surface area contributed by atoms with Crippen molar-refractivity contribution in [1.29, 1.82) is 0 Å². The summed E-state index contributed by atoms with van der Waals surface area (Å²) >= 11 is 0. The van der Waals surface area contributed by atoms with Gasteiger partial charge in [0.1, 0.15) is 53.7 Å². The number of rotatable bonds is 13. The van der Waals surface area contributed by atoms with Crippen molar-refractivity contribution in [3.8, 4) is 5.75 Å². The second-order valence-electron chi connectivity index (χ2n) is 10.1. The molecule has 4 rings (SSSR count). The molecular formula is C27H38N5O8P. The highest BCUT2D eigenvalue weighted by Crippen LogP contribution is 2.48. The summed E-state index contributed by atoms with van der Waals surface area (Å²) in [5, 5.41) is 28.9. The van der Waals surface area contributed by atoms with Crippen LogP contribution in [0.2, 0.25) is 0 Å². The van der Waals surface area contributed by atoms with Crippen LogP contribution < -0.4 is 15.3 Å². The van der Waals surface area contributed by atoms with Crippen molar-refractivity contribution in [3.05, 3.63) is 54.5 Å². The average Bonchev–Trinajstić information content (AvgIpc) is 3.50. The lowest BCUT2D eigenvalue weighted by molar-refractivity contribution is -0.151. The summed E-state index contributed by atoms with van der Waals surface area (Å²) in [6.07, 6.45) is -1.32. The van der Waals surface area contributed by atoms with E-state index in [0.717, 1.165) is 0 Å². The van der Waals surface area contributed by atoms with Gasteiger partial charge >= 0.3 is 13.7 Å². The van der Waals surface area contributed by atoms with Crippen molar-refractivity contribution >= 4 is 25.1 Å². The number of fused-ring (bicyclic) bond motifs is 1. The number of esters is 1. The van der Waals surface area contributed by atoms with E-state index >= 15 is 0 Å². The number of ether oxygens (including phenoxy) is 2. The Hall–Kier alpha value is -3.06. The molecule has 1 saturated heterocycles. The van der Waals surface area contributed by atoms with Crippen LogP contribution in [-0.4, -0.2) is 67.3 Å². The highest BCUT2D eigenvalue weighted by atomic mass is 31.2. The largest absolute Gasteiger partial charge is 0.461 e. The summed E-state index contributed by atoms with van der Waals surface area (Å²) < 4.78 is 38.8. The van der Waals surface area contributed by atoms with Gasteiger partial charge < -0.3 is 29.9 Å². The van der Waals surface area contributed by atoms with Crippen LogP contribution in [0.4, 0.5) is 5.82 Å². The SMILES string of the molecule is CCC(CC)OC(=O)[C@H](CC)NP(=O)(OC[C@@]1(C)O[C@@H](c2ccc3c(N)ncnn23)[C@H](O)[C@@H]1O)Oc1ccccc1. The zero-order valence-corrected chi connectivity index (χ0v) is 24.4. The van der Waals surface area contributed by atoms with E-state index in [1.807, 2.05) is 13.8 Å². The molecule has 1 unspecified atom stereocenters. The van der Waals surface area contributed by atoms with Crippen LogP contribution in [0, 0.1) is 0 Å². The second kappa shape index (κ2) is 12.8. The standard InChI is InChI=1S/C27H38N5O8P/c1-5-17(6-2)38-26(35)19(7-3)31-41(36,40-18-11-9-8-10-12-18)37-15-27(4)24(34)22(33)23(39-27)20-13-14-21-25(28)29-16-30-32(20)21/h8-14,16-17,19,22-24,33-34H,5-7,15H2,1-4H3,(H,31,36)(H2,28,29,30)/t19-,22-,23-,24-,27+,41?/m0/s1. The minimum Gasteiger partial charge on any atom is -0.461 e. The normalized spacial score (nSPS) is 24.8. The summed E-state index contributed by atoms with van der Waals surface area (Å²) in [4.78, 5) is 16.9. The number of hydrogen-bond acceptors (Lipinski definition) is 11. The highest BCUT2D eigenvalue weighted by Gasteiger charge is 2.54. The van der Waals surface area contributed by atoms with E-state index in [2.05, 4.69) is 15.2 Å². The Balaban J connectivity index is 1.56. The third kappa shape index (κ3) is 6.72. The van der Waals surface area contributed by atoms with E-state index in [4.69, 9.17) is 24.3 Å². The first-order valence-corrected chi connectivity index (χ1v) is 15.2. The first-order valence-electron chi connectivity index (χ1n) is 13.6. The van der Waals surface area contributed by atoms with E-state index in [0.29, 0.717) is 24.1 Å². The number of nitrogens with one attached hydrogen (secondary N) is 1. The Bertz CT molecular complexity index is 1370. The van der Waals surface area contributed by atoms with Crippen molar-refractivity contribution in [1.82, 2.24) is 19.7 Å². The number of nitrogen functional groups attached to an aromatic ring is 1. The van der Waals surface area contributed by atoms with Crippen LogP contribution in [0.15, 0.2) is 48.8 Å². The van der Waals surface area contributed by atoms with Crippen molar-refractivity contribution in [2.75, 3.05) is 12.3 Å². The molecular weight excluding hydrogens is 553 g/mol. The summed E-state index contributed by atoms with van der Waals surface area (Å²) in [6.45, 7) is 6.62. The highest BCUT2D eigenvalue weighted by molar-refractivity contribution is 7.52. The Morgan fingerprint density at radius 2 is 1.88 bits per heavy atom. The molecule has 13 nitrogen and oxygen atoms in total. The zero-order chi connectivity index (χ0) is 29.8. The van der Waals surface area contributed by atoms with Gasteiger partial charge in [-0.25, -0.2) is 14.1 Å². The van der Waals surface area contributed by atoms with Crippen molar-refractivity contribution in [3.63, 3.8) is 0 Å². The summed E-state index contributed by atoms with van der Waals surface area (Å²) in [5.41, 5.74) is 5.34. The average molecular weight is 592 g/mol. The van der Waals surface area contributed by atoms with Gasteiger partial charge in [0, 0.05) is 0 Å². The number of anilines is 1. The monoisotopic (exact) mass is 591 g/mol. The summed E-state index contributed by atoms with van der Waals surface area (Å²) in [7, 11) is -4.26. The van der Waals surface area contributed by atoms with E-state index < -0.39 is 50.3 Å². The molecule has 41 heavy (non-hydrogen) atoms. The second-order valence-corrected chi connectivity index (χ2v) is 11.8. The van der Waals surface area contributed by atoms with Crippen molar-refractivity contribution in [2.45, 2.75) is 83.0 Å². The minimum atomic E-state index is -4.26. The van der Waals surface area contributed by atoms with Crippen LogP contribution in [0.3, 0.4) is 0 Å². The maximum atomic E-state index is 14.1. The summed E-state index contributed by atoms with van der Waals surface area (Å²) in [6, 6.07) is 10.7. The number of hydrogen-bond donors (Lipinski definition) is 4. The lowest BCUT2D eigenvalue weighted by atomic mass is 9.97. The molecule has 0 spiro atoms. The van der Waals surface area contributed by atoms with Gasteiger partial charge in [-0.15, -0.1) is 0 Å². The van der Waals surface area contributed by atoms with Crippen molar-refractivity contribution < 1.29 is 38.1 Å². The fourth-order valence-corrected chi connectivity index (χ4v) is 6.30. The molecule has 3 aromatic rings. The van der Waals surface area contributed by atoms with E-state index in [9.17, 15) is 19.6 Å². The Labute approximate surface area is 238 Å². The fraction of sp³-hybridized carbons (Fsp3) is 0.519. The molecule has 5 N–H and O–H groups in total. The number of aromatic nitrogens is 3. The van der Waals surface area contributed by atoms with Gasteiger partial charge in [0.2, 0.25) is 0 Å². The molecule has 3 heterocycles. The Morgan fingerprint density at radius 1 is 1.17 bits per heavy atom. The van der Waals surface area contributed by atoms with E-state index in [1.165, 1.54) is 17.8 Å². The predicted molar refractivity (Wildman–Crippen MR) is 150 cm³/mol. The Morgan fingerprint density at radius 3 is 2.54 bits per heavy atom. The molecule has 0 bridgehead atoms. The topological polar surface area (TPSA) is 180 Å². The van der Waals surface area contributed by atoms with E-state index in [-0.39, 0.29) is 24.1 Å². The first kappa shape index (κ1) is 30.9. The number of benzene rings is 1. The van der Waals surface area contributed by atoms with Gasteiger partial charge in [-0.05, 0) is 50.5 Å². The smallest absolute Gasteiger partial charge is 0.459 e. The lowest BCUT2D eigenvalue weighted by Gasteiger charge is -2.31. The quantitative estimate of drug-likeness (QED) is 0.169. The molecule has 0 saturated carbocycles. The molecule has 14 heteroatoms. The van der Waals surface area contributed by atoms with Gasteiger partial charge in [0.05, 0.1) is 12.3 Å². The fourth-order valence-electron chi connectivity index (χ4n) is 4.63. The van der Waals surface area contributed by atoms with Gasteiger partial charge in [-0.1, -0.05) is 39.0 Å². The van der Waals surface area contributed by atoms with Gasteiger partial charge in [-0.2, -0.15) is 10.2 Å². The molecule has 1 aliphatic heterocycles. The van der Waals surface area contributed by atoms with Gasteiger partial charge in [-0.3, -0.25) is 9.32 Å². The maximum Gasteiger partial charge on any atom is 0.459 e. The van der Waals surface area contributed by atoms with Gasteiger partial charge in [0.15, 0.2) is 5.82 Å². The molecule has 1 aromatic carbocycles.